The lowest BCUT2D eigenvalue weighted by atomic mass is 9.99. The second kappa shape index (κ2) is 4.49. The van der Waals surface area contributed by atoms with Crippen LogP contribution >= 0.6 is 0 Å². The molecule has 0 radical (unpaired) electrons. The van der Waals surface area contributed by atoms with Crippen molar-refractivity contribution in [3.63, 3.8) is 0 Å². The highest BCUT2D eigenvalue weighted by Gasteiger charge is 2.36. The van der Waals surface area contributed by atoms with E-state index in [0.29, 0.717) is 18.4 Å². The number of likely N-dealkylation sites (tertiary alicyclic amines) is 2. The van der Waals surface area contributed by atoms with Gasteiger partial charge in [0.25, 0.3) is 0 Å². The summed E-state index contributed by atoms with van der Waals surface area (Å²) >= 11 is 0. The van der Waals surface area contributed by atoms with Crippen molar-refractivity contribution in [1.82, 2.24) is 9.80 Å². The SMILES string of the molecule is CN1CC(CC(=O)O)C(N2CCCC2)C1. The summed E-state index contributed by atoms with van der Waals surface area (Å²) in [5, 5.41) is 8.88. The average molecular weight is 212 g/mol. The minimum Gasteiger partial charge on any atom is -0.481 e. The molecule has 2 atom stereocenters. The van der Waals surface area contributed by atoms with Crippen LogP contribution in [0.15, 0.2) is 0 Å². The molecule has 0 aliphatic carbocycles. The predicted molar refractivity (Wildman–Crippen MR) is 57.8 cm³/mol. The molecule has 0 amide bonds. The van der Waals surface area contributed by atoms with E-state index in [2.05, 4.69) is 16.8 Å². The van der Waals surface area contributed by atoms with Gasteiger partial charge in [-0.1, -0.05) is 0 Å². The van der Waals surface area contributed by atoms with E-state index in [1.54, 1.807) is 0 Å². The van der Waals surface area contributed by atoms with Gasteiger partial charge in [0.1, 0.15) is 0 Å². The summed E-state index contributed by atoms with van der Waals surface area (Å²) in [5.41, 5.74) is 0. The molecule has 2 saturated heterocycles. The van der Waals surface area contributed by atoms with Crippen molar-refractivity contribution in [3.8, 4) is 0 Å². The van der Waals surface area contributed by atoms with Crippen LogP contribution in [-0.4, -0.2) is 60.1 Å². The first-order valence-corrected chi connectivity index (χ1v) is 5.81. The highest BCUT2D eigenvalue weighted by atomic mass is 16.4. The number of likely N-dealkylation sites (N-methyl/N-ethyl adjacent to an activating group) is 1. The van der Waals surface area contributed by atoms with Gasteiger partial charge in [0, 0.05) is 19.1 Å². The maximum absolute atomic E-state index is 10.8. The Morgan fingerprint density at radius 1 is 1.33 bits per heavy atom. The van der Waals surface area contributed by atoms with Gasteiger partial charge in [-0.05, 0) is 38.9 Å². The fourth-order valence-electron chi connectivity index (χ4n) is 2.98. The molecule has 0 saturated carbocycles. The summed E-state index contributed by atoms with van der Waals surface area (Å²) in [6.07, 6.45) is 2.88. The molecule has 2 rings (SSSR count). The van der Waals surface area contributed by atoms with Gasteiger partial charge >= 0.3 is 5.97 Å². The fraction of sp³-hybridized carbons (Fsp3) is 0.909. The summed E-state index contributed by atoms with van der Waals surface area (Å²) in [7, 11) is 2.09. The van der Waals surface area contributed by atoms with Gasteiger partial charge in [-0.3, -0.25) is 9.69 Å². The van der Waals surface area contributed by atoms with E-state index >= 15 is 0 Å². The van der Waals surface area contributed by atoms with E-state index in [0.717, 1.165) is 26.2 Å². The van der Waals surface area contributed by atoms with E-state index in [9.17, 15) is 4.79 Å². The van der Waals surface area contributed by atoms with Crippen molar-refractivity contribution in [2.45, 2.75) is 25.3 Å². The molecule has 4 nitrogen and oxygen atoms in total. The van der Waals surface area contributed by atoms with Crippen LogP contribution in [-0.2, 0) is 4.79 Å². The Hall–Kier alpha value is -0.610. The predicted octanol–water partition coefficient (Wildman–Crippen LogP) is 0.487. The van der Waals surface area contributed by atoms with Crippen LogP contribution in [0.5, 0.6) is 0 Å². The van der Waals surface area contributed by atoms with Crippen molar-refractivity contribution in [2.24, 2.45) is 5.92 Å². The van der Waals surface area contributed by atoms with Crippen molar-refractivity contribution in [1.29, 1.82) is 0 Å². The van der Waals surface area contributed by atoms with E-state index in [4.69, 9.17) is 5.11 Å². The van der Waals surface area contributed by atoms with Crippen molar-refractivity contribution < 1.29 is 9.90 Å². The standard InChI is InChI=1S/C11H20N2O2/c1-12-7-9(6-11(14)15)10(8-12)13-4-2-3-5-13/h9-10H,2-8H2,1H3,(H,14,15). The van der Waals surface area contributed by atoms with Crippen molar-refractivity contribution in [2.75, 3.05) is 33.2 Å². The van der Waals surface area contributed by atoms with Crippen molar-refractivity contribution in [3.05, 3.63) is 0 Å². The number of hydrogen-bond acceptors (Lipinski definition) is 3. The van der Waals surface area contributed by atoms with Gasteiger partial charge in [-0.25, -0.2) is 0 Å². The summed E-state index contributed by atoms with van der Waals surface area (Å²) in [6.45, 7) is 4.30. The van der Waals surface area contributed by atoms with Gasteiger partial charge < -0.3 is 10.0 Å². The van der Waals surface area contributed by atoms with Gasteiger partial charge in [0.05, 0.1) is 6.42 Å². The zero-order valence-electron chi connectivity index (χ0n) is 9.35. The minimum atomic E-state index is -0.653. The molecule has 2 fully saturated rings. The normalized spacial score (nSPS) is 33.7. The zero-order chi connectivity index (χ0) is 10.8. The van der Waals surface area contributed by atoms with Gasteiger partial charge in [0.2, 0.25) is 0 Å². The third-order valence-corrected chi connectivity index (χ3v) is 3.64. The lowest BCUT2D eigenvalue weighted by Crippen LogP contribution is -2.39. The Morgan fingerprint density at radius 2 is 2.00 bits per heavy atom. The van der Waals surface area contributed by atoms with E-state index in [-0.39, 0.29) is 0 Å². The van der Waals surface area contributed by atoms with Crippen LogP contribution in [0.25, 0.3) is 0 Å². The van der Waals surface area contributed by atoms with E-state index in [1.807, 2.05) is 0 Å². The van der Waals surface area contributed by atoms with Crippen LogP contribution in [0, 0.1) is 5.92 Å². The Labute approximate surface area is 90.9 Å². The van der Waals surface area contributed by atoms with Crippen LogP contribution in [0.3, 0.4) is 0 Å². The molecule has 0 aromatic carbocycles. The summed E-state index contributed by atoms with van der Waals surface area (Å²) in [5.74, 6) is -0.329. The quantitative estimate of drug-likeness (QED) is 0.739. The molecule has 4 heteroatoms. The molecule has 0 aromatic heterocycles. The van der Waals surface area contributed by atoms with Crippen molar-refractivity contribution >= 4 is 5.97 Å². The van der Waals surface area contributed by atoms with Crippen LogP contribution < -0.4 is 0 Å². The number of carbonyl (C=O) groups is 1. The fourth-order valence-corrected chi connectivity index (χ4v) is 2.98. The Balaban J connectivity index is 1.97. The summed E-state index contributed by atoms with van der Waals surface area (Å²) in [6, 6.07) is 0.480. The molecule has 2 aliphatic heterocycles. The molecule has 2 heterocycles. The van der Waals surface area contributed by atoms with E-state index < -0.39 is 5.97 Å². The van der Waals surface area contributed by atoms with Gasteiger partial charge in [-0.15, -0.1) is 0 Å². The van der Waals surface area contributed by atoms with Gasteiger partial charge in [-0.2, -0.15) is 0 Å². The Kier molecular flexibility index (Phi) is 3.26. The number of rotatable bonds is 3. The lowest BCUT2D eigenvalue weighted by Gasteiger charge is -2.27. The summed E-state index contributed by atoms with van der Waals surface area (Å²) < 4.78 is 0. The van der Waals surface area contributed by atoms with E-state index in [1.165, 1.54) is 12.8 Å². The molecule has 86 valence electrons. The second-order valence-corrected chi connectivity index (χ2v) is 4.89. The van der Waals surface area contributed by atoms with Crippen LogP contribution in [0.2, 0.25) is 0 Å². The maximum Gasteiger partial charge on any atom is 0.303 e. The molecule has 15 heavy (non-hydrogen) atoms. The monoisotopic (exact) mass is 212 g/mol. The first kappa shape index (κ1) is 10.9. The highest BCUT2D eigenvalue weighted by molar-refractivity contribution is 5.67. The topological polar surface area (TPSA) is 43.8 Å². The van der Waals surface area contributed by atoms with Gasteiger partial charge in [0.15, 0.2) is 0 Å². The molecule has 0 bridgehead atoms. The van der Waals surface area contributed by atoms with Crippen LogP contribution in [0.4, 0.5) is 0 Å². The molecule has 0 spiro atoms. The number of hydrogen-bond donors (Lipinski definition) is 1. The first-order chi connectivity index (χ1) is 7.16. The molecule has 0 aromatic rings. The highest BCUT2D eigenvalue weighted by Crippen LogP contribution is 2.26. The molecular formula is C11H20N2O2. The smallest absolute Gasteiger partial charge is 0.303 e. The number of nitrogens with zero attached hydrogens (tertiary/aromatic N) is 2. The molecule has 1 N–H and O–H groups in total. The number of aliphatic carboxylic acids is 1. The molecule has 2 aliphatic rings. The zero-order valence-corrected chi connectivity index (χ0v) is 9.35. The Morgan fingerprint density at radius 3 is 2.60 bits per heavy atom. The minimum absolute atomic E-state index is 0.325. The van der Waals surface area contributed by atoms with Crippen LogP contribution in [0.1, 0.15) is 19.3 Å². The summed E-state index contributed by atoms with van der Waals surface area (Å²) in [4.78, 5) is 15.5. The number of carboxylic acids is 1. The average Bonchev–Trinajstić information content (AvgIpc) is 2.72. The first-order valence-electron chi connectivity index (χ1n) is 5.81. The molecular weight excluding hydrogens is 192 g/mol. The second-order valence-electron chi connectivity index (χ2n) is 4.89. The number of carboxylic acid groups (broad SMARTS) is 1. The third-order valence-electron chi connectivity index (χ3n) is 3.64. The largest absolute Gasteiger partial charge is 0.481 e. The Bertz CT molecular complexity index is 239. The lowest BCUT2D eigenvalue weighted by molar-refractivity contribution is -0.138. The maximum atomic E-state index is 10.8. The molecule has 2 unspecified atom stereocenters. The third kappa shape index (κ3) is 2.49.